The highest BCUT2D eigenvalue weighted by atomic mass is 32.2. The molecule has 0 bridgehead atoms. The number of aromatic amines is 1. The minimum Gasteiger partial charge on any atom is -0.463 e. The number of hydrogen-bond donors (Lipinski definition) is 2. The van der Waals surface area contributed by atoms with E-state index < -0.39 is 17.7 Å². The van der Waals surface area contributed by atoms with Gasteiger partial charge < -0.3 is 15.0 Å². The number of H-pyrrole nitrogens is 1. The number of nitrogens with one attached hydrogen (secondary N) is 2. The number of allylic oxidation sites excluding steroid dienone is 1. The van der Waals surface area contributed by atoms with Gasteiger partial charge in [0.15, 0.2) is 5.16 Å². The van der Waals surface area contributed by atoms with Crippen molar-refractivity contribution in [2.45, 2.75) is 44.7 Å². The van der Waals surface area contributed by atoms with Gasteiger partial charge in [0.25, 0.3) is 5.56 Å². The van der Waals surface area contributed by atoms with E-state index in [0.29, 0.717) is 22.2 Å². The first-order valence-corrected chi connectivity index (χ1v) is 10.6. The molecule has 2 N–H and O–H groups in total. The maximum absolute atomic E-state index is 14.0. The molecule has 1 aromatic carbocycles. The molecule has 0 saturated carbocycles. The molecule has 0 fully saturated rings. The van der Waals surface area contributed by atoms with Crippen LogP contribution in [0.4, 0.5) is 10.2 Å². The van der Waals surface area contributed by atoms with E-state index in [2.05, 4.69) is 22.2 Å². The Morgan fingerprint density at radius 3 is 2.83 bits per heavy atom. The molecule has 1 atom stereocenters. The molecule has 1 aromatic heterocycles. The molecule has 8 heteroatoms. The summed E-state index contributed by atoms with van der Waals surface area (Å²) >= 11 is 1.47. The Balaban J connectivity index is 2.14. The Hall–Kier alpha value is -2.61. The van der Waals surface area contributed by atoms with Crippen LogP contribution in [0.1, 0.15) is 50.7 Å². The Kier molecular flexibility index (Phi) is 6.74. The van der Waals surface area contributed by atoms with Gasteiger partial charge in [-0.25, -0.2) is 14.2 Å². The van der Waals surface area contributed by atoms with Crippen molar-refractivity contribution in [2.75, 3.05) is 17.7 Å². The molecule has 0 saturated heterocycles. The van der Waals surface area contributed by atoms with Crippen LogP contribution < -0.4 is 10.9 Å². The van der Waals surface area contributed by atoms with E-state index in [4.69, 9.17) is 4.74 Å². The van der Waals surface area contributed by atoms with Crippen LogP contribution in [0.15, 0.2) is 45.5 Å². The number of rotatable bonds is 7. The molecule has 0 amide bonds. The lowest BCUT2D eigenvalue weighted by atomic mass is 9.82. The number of thioether (sulfide) groups is 1. The molecule has 154 valence electrons. The third-order valence-electron chi connectivity index (χ3n) is 4.63. The van der Waals surface area contributed by atoms with Crippen LogP contribution in [0.3, 0.4) is 0 Å². The number of anilines is 1. The maximum Gasteiger partial charge on any atom is 0.336 e. The highest BCUT2D eigenvalue weighted by Crippen LogP contribution is 2.40. The van der Waals surface area contributed by atoms with Crippen molar-refractivity contribution in [3.63, 3.8) is 0 Å². The van der Waals surface area contributed by atoms with Crippen molar-refractivity contribution in [3.8, 4) is 0 Å². The molecule has 3 rings (SSSR count). The summed E-state index contributed by atoms with van der Waals surface area (Å²) in [5.41, 5.74) is 1.24. The summed E-state index contributed by atoms with van der Waals surface area (Å²) in [7, 11) is 0. The van der Waals surface area contributed by atoms with Gasteiger partial charge in [0.1, 0.15) is 11.6 Å². The maximum atomic E-state index is 14.0. The number of unbranched alkanes of at least 4 members (excludes halogenated alkanes) is 1. The second-order valence-electron chi connectivity index (χ2n) is 6.71. The van der Waals surface area contributed by atoms with Crippen molar-refractivity contribution in [1.82, 2.24) is 9.97 Å². The lowest BCUT2D eigenvalue weighted by Gasteiger charge is -2.28. The summed E-state index contributed by atoms with van der Waals surface area (Å²) < 4.78 is 19.2. The molecule has 1 aliphatic heterocycles. The lowest BCUT2D eigenvalue weighted by Crippen LogP contribution is -2.31. The molecule has 29 heavy (non-hydrogen) atoms. The topological polar surface area (TPSA) is 84.1 Å². The number of carbonyl (C=O) groups is 1. The van der Waals surface area contributed by atoms with Gasteiger partial charge in [0.2, 0.25) is 0 Å². The summed E-state index contributed by atoms with van der Waals surface area (Å²) in [4.78, 5) is 33.0. The Morgan fingerprint density at radius 2 is 2.14 bits per heavy atom. The first-order valence-electron chi connectivity index (χ1n) is 9.63. The van der Waals surface area contributed by atoms with Gasteiger partial charge in [-0.1, -0.05) is 37.2 Å². The number of fused-ring (bicyclic) bond motifs is 1. The van der Waals surface area contributed by atoms with Crippen molar-refractivity contribution < 1.29 is 13.9 Å². The molecule has 2 aromatic rings. The summed E-state index contributed by atoms with van der Waals surface area (Å²) in [5.74, 6) is -0.536. The minimum atomic E-state index is -0.771. The first kappa shape index (κ1) is 21.1. The molecule has 6 nitrogen and oxygen atoms in total. The molecule has 0 unspecified atom stereocenters. The number of aromatic nitrogens is 2. The normalized spacial score (nSPS) is 15.7. The van der Waals surface area contributed by atoms with E-state index in [-0.39, 0.29) is 23.3 Å². The Morgan fingerprint density at radius 1 is 1.34 bits per heavy atom. The summed E-state index contributed by atoms with van der Waals surface area (Å²) in [6.45, 7) is 5.73. The minimum absolute atomic E-state index is 0.194. The fourth-order valence-corrected chi connectivity index (χ4v) is 4.26. The van der Waals surface area contributed by atoms with Gasteiger partial charge in [0, 0.05) is 11.4 Å². The highest BCUT2D eigenvalue weighted by molar-refractivity contribution is 7.99. The largest absolute Gasteiger partial charge is 0.463 e. The SMILES string of the molecule is CCCCSc1nc2c(c(=O)[nH]1)[C@@H](c1cccc(F)c1)C(C(=O)OCC)=C(C)N2. The fourth-order valence-electron chi connectivity index (χ4n) is 3.31. The van der Waals surface area contributed by atoms with E-state index in [1.54, 1.807) is 26.0 Å². The molecular weight excluding hydrogens is 393 g/mol. The van der Waals surface area contributed by atoms with Gasteiger partial charge in [-0.05, 0) is 38.0 Å². The number of ether oxygens (including phenoxy) is 1. The van der Waals surface area contributed by atoms with Crippen molar-refractivity contribution >= 4 is 23.5 Å². The average Bonchev–Trinajstić information content (AvgIpc) is 2.67. The number of halogens is 1. The third-order valence-corrected chi connectivity index (χ3v) is 5.59. The van der Waals surface area contributed by atoms with Crippen molar-refractivity contribution in [3.05, 3.63) is 62.8 Å². The van der Waals surface area contributed by atoms with Crippen LogP contribution in [0, 0.1) is 5.82 Å². The molecule has 0 radical (unpaired) electrons. The number of carbonyl (C=O) groups excluding carboxylic acids is 1. The second kappa shape index (κ2) is 9.26. The van der Waals surface area contributed by atoms with E-state index in [1.165, 1.54) is 23.9 Å². The van der Waals surface area contributed by atoms with Gasteiger partial charge in [0.05, 0.1) is 23.7 Å². The zero-order valence-electron chi connectivity index (χ0n) is 16.7. The number of esters is 1. The van der Waals surface area contributed by atoms with Gasteiger partial charge in [-0.2, -0.15) is 0 Å². The number of nitrogens with zero attached hydrogens (tertiary/aromatic N) is 1. The Bertz CT molecular complexity index is 1000. The van der Waals surface area contributed by atoms with Crippen molar-refractivity contribution in [2.24, 2.45) is 0 Å². The fraction of sp³-hybridized carbons (Fsp3) is 0.381. The molecule has 0 aliphatic carbocycles. The quantitative estimate of drug-likeness (QED) is 0.304. The number of benzene rings is 1. The lowest BCUT2D eigenvalue weighted by molar-refractivity contribution is -0.138. The highest BCUT2D eigenvalue weighted by Gasteiger charge is 2.36. The van der Waals surface area contributed by atoms with Crippen LogP contribution in [-0.4, -0.2) is 28.3 Å². The van der Waals surface area contributed by atoms with E-state index in [0.717, 1.165) is 18.6 Å². The molecule has 2 heterocycles. The average molecular weight is 418 g/mol. The standard InChI is InChI=1S/C21H24FN3O3S/c1-4-6-10-29-21-24-18-17(19(26)25-21)16(13-8-7-9-14(22)11-13)15(12(3)23-18)20(27)28-5-2/h7-9,11,16H,4-6,10H2,1-3H3,(H2,23,24,25,26)/t16-/m0/s1. The van der Waals surface area contributed by atoms with Crippen LogP contribution in [-0.2, 0) is 9.53 Å². The van der Waals surface area contributed by atoms with Gasteiger partial charge in [-0.3, -0.25) is 4.79 Å². The van der Waals surface area contributed by atoms with E-state index >= 15 is 0 Å². The van der Waals surface area contributed by atoms with Gasteiger partial charge in [-0.15, -0.1) is 0 Å². The third kappa shape index (κ3) is 4.53. The van der Waals surface area contributed by atoms with Crippen molar-refractivity contribution in [1.29, 1.82) is 0 Å². The van der Waals surface area contributed by atoms with Crippen LogP contribution in [0.5, 0.6) is 0 Å². The Labute approximate surface area is 173 Å². The summed E-state index contributed by atoms with van der Waals surface area (Å²) in [6.07, 6.45) is 2.06. The smallest absolute Gasteiger partial charge is 0.336 e. The predicted molar refractivity (Wildman–Crippen MR) is 112 cm³/mol. The summed E-state index contributed by atoms with van der Waals surface area (Å²) in [5, 5.41) is 3.59. The van der Waals surface area contributed by atoms with Crippen LogP contribution >= 0.6 is 11.8 Å². The second-order valence-corrected chi connectivity index (χ2v) is 7.79. The predicted octanol–water partition coefficient (Wildman–Crippen LogP) is 4.20. The zero-order chi connectivity index (χ0) is 21.0. The van der Waals surface area contributed by atoms with E-state index in [1.807, 2.05) is 0 Å². The number of hydrogen-bond acceptors (Lipinski definition) is 6. The monoisotopic (exact) mass is 417 g/mol. The van der Waals surface area contributed by atoms with Crippen LogP contribution in [0.25, 0.3) is 0 Å². The molecule has 1 aliphatic rings. The molecular formula is C21H24FN3O3S. The molecule has 0 spiro atoms. The van der Waals surface area contributed by atoms with E-state index in [9.17, 15) is 14.0 Å². The zero-order valence-corrected chi connectivity index (χ0v) is 17.5. The van der Waals surface area contributed by atoms with Crippen LogP contribution in [0.2, 0.25) is 0 Å². The summed E-state index contributed by atoms with van der Waals surface area (Å²) in [6, 6.07) is 5.90. The van der Waals surface area contributed by atoms with Gasteiger partial charge >= 0.3 is 5.97 Å². The first-order chi connectivity index (χ1) is 14.0.